The van der Waals surface area contributed by atoms with Gasteiger partial charge in [0.2, 0.25) is 0 Å². The molecule has 0 atom stereocenters. The highest BCUT2D eigenvalue weighted by Gasteiger charge is 2.23. The third-order valence-electron chi connectivity index (χ3n) is 4.49. The molecule has 0 fully saturated rings. The van der Waals surface area contributed by atoms with Crippen molar-refractivity contribution in [1.29, 1.82) is 0 Å². The van der Waals surface area contributed by atoms with Crippen molar-refractivity contribution < 1.29 is 4.79 Å². The van der Waals surface area contributed by atoms with Gasteiger partial charge in [-0.05, 0) is 42.7 Å². The lowest BCUT2D eigenvalue weighted by Gasteiger charge is -2.29. The van der Waals surface area contributed by atoms with Gasteiger partial charge in [0, 0.05) is 18.4 Å². The molecule has 0 aliphatic carbocycles. The average Bonchev–Trinajstić information content (AvgIpc) is 2.69. The normalized spacial score (nSPS) is 13.2. The maximum Gasteiger partial charge on any atom is 0.259 e. The van der Waals surface area contributed by atoms with E-state index in [2.05, 4.69) is 16.4 Å². The molecule has 1 aromatic heterocycles. The van der Waals surface area contributed by atoms with Crippen LogP contribution in [0.25, 0.3) is 0 Å². The van der Waals surface area contributed by atoms with Gasteiger partial charge in [-0.1, -0.05) is 41.9 Å². The zero-order valence-corrected chi connectivity index (χ0v) is 14.9. The second-order valence-electron chi connectivity index (χ2n) is 6.26. The van der Waals surface area contributed by atoms with Crippen molar-refractivity contribution in [2.45, 2.75) is 12.8 Å². The maximum atomic E-state index is 13.1. The molecule has 1 amide bonds. The predicted molar refractivity (Wildman–Crippen MR) is 105 cm³/mol. The van der Waals surface area contributed by atoms with E-state index < -0.39 is 0 Å². The number of hydrogen-bond acceptors (Lipinski definition) is 3. The molecule has 2 heterocycles. The Kier molecular flexibility index (Phi) is 4.59. The Labute approximate surface area is 157 Å². The average molecular weight is 364 g/mol. The molecule has 0 radical (unpaired) electrons. The first-order chi connectivity index (χ1) is 12.7. The fraction of sp³-hybridized carbons (Fsp3) is 0.143. The van der Waals surface area contributed by atoms with Crippen LogP contribution < -0.4 is 10.2 Å². The van der Waals surface area contributed by atoms with Gasteiger partial charge in [-0.25, -0.2) is 0 Å². The number of rotatable bonds is 3. The number of para-hydroxylation sites is 2. The van der Waals surface area contributed by atoms with Gasteiger partial charge < -0.3 is 10.2 Å². The zero-order valence-electron chi connectivity index (χ0n) is 14.2. The highest BCUT2D eigenvalue weighted by atomic mass is 35.5. The Balaban J connectivity index is 1.61. The van der Waals surface area contributed by atoms with Crippen LogP contribution in [0.2, 0.25) is 5.02 Å². The Bertz CT molecular complexity index is 957. The van der Waals surface area contributed by atoms with E-state index in [1.165, 1.54) is 5.56 Å². The number of carbonyl (C=O) groups excluding carboxylic acids is 1. The van der Waals surface area contributed by atoms with E-state index >= 15 is 0 Å². The third kappa shape index (κ3) is 3.28. The van der Waals surface area contributed by atoms with Gasteiger partial charge in [-0.3, -0.25) is 9.78 Å². The lowest BCUT2D eigenvalue weighted by atomic mass is 10.0. The summed E-state index contributed by atoms with van der Waals surface area (Å²) in [5, 5.41) is 3.84. The molecule has 26 heavy (non-hydrogen) atoms. The lowest BCUT2D eigenvalue weighted by molar-refractivity contribution is 0.0985. The number of nitrogens with zero attached hydrogens (tertiary/aromatic N) is 2. The highest BCUT2D eigenvalue weighted by molar-refractivity contribution is 6.33. The summed E-state index contributed by atoms with van der Waals surface area (Å²) in [6, 6.07) is 17.4. The van der Waals surface area contributed by atoms with Crippen LogP contribution in [0, 0.1) is 0 Å². The van der Waals surface area contributed by atoms with Gasteiger partial charge in [-0.2, -0.15) is 0 Å². The van der Waals surface area contributed by atoms with E-state index in [9.17, 15) is 4.79 Å². The second-order valence-corrected chi connectivity index (χ2v) is 6.66. The Morgan fingerprint density at radius 2 is 1.88 bits per heavy atom. The van der Waals surface area contributed by atoms with Crippen LogP contribution >= 0.6 is 11.6 Å². The number of hydrogen-bond donors (Lipinski definition) is 1. The van der Waals surface area contributed by atoms with Crippen molar-refractivity contribution in [3.05, 3.63) is 83.1 Å². The van der Waals surface area contributed by atoms with Crippen molar-refractivity contribution in [2.24, 2.45) is 0 Å². The quantitative estimate of drug-likeness (QED) is 0.706. The minimum Gasteiger partial charge on any atom is -0.353 e. The van der Waals surface area contributed by atoms with Gasteiger partial charge in [0.05, 0.1) is 28.2 Å². The molecule has 0 bridgehead atoms. The Hall–Kier alpha value is -2.85. The molecule has 0 saturated heterocycles. The number of aromatic nitrogens is 1. The smallest absolute Gasteiger partial charge is 0.259 e. The molecule has 1 aliphatic rings. The summed E-state index contributed by atoms with van der Waals surface area (Å²) >= 11 is 6.20. The summed E-state index contributed by atoms with van der Waals surface area (Å²) in [6.07, 6.45) is 5.27. The van der Waals surface area contributed by atoms with E-state index in [-0.39, 0.29) is 5.91 Å². The van der Waals surface area contributed by atoms with Crippen molar-refractivity contribution >= 4 is 34.6 Å². The summed E-state index contributed by atoms with van der Waals surface area (Å²) in [6.45, 7) is 0.720. The Morgan fingerprint density at radius 3 is 2.77 bits per heavy atom. The number of aryl methyl sites for hydroxylation is 1. The zero-order chi connectivity index (χ0) is 17.9. The molecule has 3 aromatic rings. The number of anilines is 3. The van der Waals surface area contributed by atoms with Crippen LogP contribution in [0.1, 0.15) is 22.3 Å². The molecule has 4 rings (SSSR count). The number of amides is 1. The molecule has 5 heteroatoms. The fourth-order valence-electron chi connectivity index (χ4n) is 3.24. The first-order valence-electron chi connectivity index (χ1n) is 8.59. The Morgan fingerprint density at radius 1 is 1.08 bits per heavy atom. The summed E-state index contributed by atoms with van der Waals surface area (Å²) in [4.78, 5) is 19.1. The van der Waals surface area contributed by atoms with Gasteiger partial charge in [0.15, 0.2) is 0 Å². The standard InChI is InChI=1S/C21H18ClN3O/c22-18-8-2-3-9-19(18)24-17-12-16(13-23-14-17)21(26)25-11-5-7-15-6-1-4-10-20(15)25/h1-4,6,8-10,12-14,24H,5,7,11H2. The van der Waals surface area contributed by atoms with Crippen LogP contribution in [0.4, 0.5) is 17.1 Å². The van der Waals surface area contributed by atoms with E-state index in [0.29, 0.717) is 10.6 Å². The van der Waals surface area contributed by atoms with Crippen LogP contribution in [-0.4, -0.2) is 17.4 Å². The molecule has 1 N–H and O–H groups in total. The lowest BCUT2D eigenvalue weighted by Crippen LogP contribution is -2.35. The first-order valence-corrected chi connectivity index (χ1v) is 8.96. The monoisotopic (exact) mass is 363 g/mol. The van der Waals surface area contributed by atoms with Crippen LogP contribution in [-0.2, 0) is 6.42 Å². The number of halogens is 1. The van der Waals surface area contributed by atoms with Crippen molar-refractivity contribution in [3.63, 3.8) is 0 Å². The van der Waals surface area contributed by atoms with Crippen molar-refractivity contribution in [1.82, 2.24) is 4.98 Å². The van der Waals surface area contributed by atoms with Crippen molar-refractivity contribution in [2.75, 3.05) is 16.8 Å². The molecule has 2 aromatic carbocycles. The van der Waals surface area contributed by atoms with Gasteiger partial charge >= 0.3 is 0 Å². The first kappa shape index (κ1) is 16.6. The number of fused-ring (bicyclic) bond motifs is 1. The predicted octanol–water partition coefficient (Wildman–Crippen LogP) is 5.07. The number of benzene rings is 2. The largest absolute Gasteiger partial charge is 0.353 e. The van der Waals surface area contributed by atoms with Crippen LogP contribution in [0.5, 0.6) is 0 Å². The summed E-state index contributed by atoms with van der Waals surface area (Å²) in [5.74, 6) is -0.0348. The molecule has 4 nitrogen and oxygen atoms in total. The number of pyridine rings is 1. The van der Waals surface area contributed by atoms with Crippen molar-refractivity contribution in [3.8, 4) is 0 Å². The van der Waals surface area contributed by atoms with Crippen LogP contribution in [0.15, 0.2) is 67.0 Å². The fourth-order valence-corrected chi connectivity index (χ4v) is 3.43. The molecule has 1 aliphatic heterocycles. The molecule has 0 spiro atoms. The van der Waals surface area contributed by atoms with Gasteiger partial charge in [0.1, 0.15) is 0 Å². The van der Waals surface area contributed by atoms with Gasteiger partial charge in [0.25, 0.3) is 5.91 Å². The van der Waals surface area contributed by atoms with E-state index in [0.717, 1.165) is 36.4 Å². The van der Waals surface area contributed by atoms with Gasteiger partial charge in [-0.15, -0.1) is 0 Å². The topological polar surface area (TPSA) is 45.2 Å². The second kappa shape index (κ2) is 7.18. The molecule has 130 valence electrons. The minimum atomic E-state index is -0.0348. The summed E-state index contributed by atoms with van der Waals surface area (Å²) in [5.41, 5.74) is 4.27. The SMILES string of the molecule is O=C(c1cncc(Nc2ccccc2Cl)c1)N1CCCc2ccccc21. The van der Waals surface area contributed by atoms with E-state index in [1.54, 1.807) is 12.4 Å². The summed E-state index contributed by atoms with van der Waals surface area (Å²) < 4.78 is 0. The number of nitrogens with one attached hydrogen (secondary N) is 1. The molecular formula is C21H18ClN3O. The number of carbonyl (C=O) groups is 1. The third-order valence-corrected chi connectivity index (χ3v) is 4.82. The molecule has 0 unspecified atom stereocenters. The summed E-state index contributed by atoms with van der Waals surface area (Å²) in [7, 11) is 0. The molecule has 0 saturated carbocycles. The van der Waals surface area contributed by atoms with E-state index in [1.807, 2.05) is 53.4 Å². The molecular weight excluding hydrogens is 346 g/mol. The van der Waals surface area contributed by atoms with Crippen LogP contribution in [0.3, 0.4) is 0 Å². The maximum absolute atomic E-state index is 13.1. The highest BCUT2D eigenvalue weighted by Crippen LogP contribution is 2.29. The van der Waals surface area contributed by atoms with E-state index in [4.69, 9.17) is 11.6 Å². The minimum absolute atomic E-state index is 0.0348.